The Balaban J connectivity index is 2.29. The first-order valence-electron chi connectivity index (χ1n) is 5.39. The molecule has 2 aromatic carbocycles. The predicted molar refractivity (Wildman–Crippen MR) is 74.9 cm³/mol. The fourth-order valence-corrected chi connectivity index (χ4v) is 2.42. The molecule has 0 N–H and O–H groups in total. The summed E-state index contributed by atoms with van der Waals surface area (Å²) in [6.07, 6.45) is 0. The molecule has 0 atom stereocenters. The van der Waals surface area contributed by atoms with Crippen LogP contribution < -0.4 is 4.74 Å². The molecule has 2 aromatic rings. The van der Waals surface area contributed by atoms with Gasteiger partial charge in [-0.05, 0) is 36.2 Å². The third kappa shape index (κ3) is 2.85. The maximum absolute atomic E-state index is 13.8. The molecule has 2 rings (SSSR count). The molecule has 0 aliphatic heterocycles. The average Bonchev–Trinajstić information content (AvgIpc) is 2.35. The van der Waals surface area contributed by atoms with Crippen LogP contribution >= 0.6 is 27.5 Å². The van der Waals surface area contributed by atoms with Crippen molar-refractivity contribution in [2.45, 2.75) is 12.8 Å². The first-order chi connectivity index (χ1) is 8.61. The van der Waals surface area contributed by atoms with E-state index in [1.807, 2.05) is 6.07 Å². The SMILES string of the molecule is Cc1cccc(Oc2ccc(CCl)c(Br)c2)c1F. The van der Waals surface area contributed by atoms with Gasteiger partial charge in [-0.1, -0.05) is 34.1 Å². The van der Waals surface area contributed by atoms with Crippen LogP contribution in [0, 0.1) is 12.7 Å². The lowest BCUT2D eigenvalue weighted by Crippen LogP contribution is -1.91. The smallest absolute Gasteiger partial charge is 0.168 e. The van der Waals surface area contributed by atoms with Gasteiger partial charge in [0.05, 0.1) is 0 Å². The van der Waals surface area contributed by atoms with Crippen LogP contribution in [-0.2, 0) is 5.88 Å². The molecule has 0 aromatic heterocycles. The predicted octanol–water partition coefficient (Wildman–Crippen LogP) is 5.43. The lowest BCUT2D eigenvalue weighted by molar-refractivity contribution is 0.439. The van der Waals surface area contributed by atoms with E-state index in [2.05, 4.69) is 15.9 Å². The van der Waals surface area contributed by atoms with Crippen LogP contribution in [-0.4, -0.2) is 0 Å². The van der Waals surface area contributed by atoms with Gasteiger partial charge in [0.2, 0.25) is 0 Å². The van der Waals surface area contributed by atoms with Crippen molar-refractivity contribution in [2.24, 2.45) is 0 Å². The van der Waals surface area contributed by atoms with Gasteiger partial charge in [-0.3, -0.25) is 0 Å². The van der Waals surface area contributed by atoms with E-state index in [1.54, 1.807) is 37.3 Å². The molecule has 4 heteroatoms. The van der Waals surface area contributed by atoms with E-state index in [0.29, 0.717) is 17.2 Å². The van der Waals surface area contributed by atoms with Gasteiger partial charge in [0.1, 0.15) is 5.75 Å². The van der Waals surface area contributed by atoms with Crippen molar-refractivity contribution in [3.8, 4) is 11.5 Å². The zero-order valence-corrected chi connectivity index (χ0v) is 12.1. The Hall–Kier alpha value is -1.06. The number of ether oxygens (including phenoxy) is 1. The summed E-state index contributed by atoms with van der Waals surface area (Å²) in [7, 11) is 0. The second-order valence-electron chi connectivity index (χ2n) is 3.88. The zero-order chi connectivity index (χ0) is 13.1. The highest BCUT2D eigenvalue weighted by Crippen LogP contribution is 2.30. The van der Waals surface area contributed by atoms with E-state index in [4.69, 9.17) is 16.3 Å². The van der Waals surface area contributed by atoms with Crippen LogP contribution in [0.25, 0.3) is 0 Å². The van der Waals surface area contributed by atoms with Gasteiger partial charge in [0.15, 0.2) is 11.6 Å². The highest BCUT2D eigenvalue weighted by Gasteiger charge is 2.08. The molecule has 0 aliphatic carbocycles. The highest BCUT2D eigenvalue weighted by molar-refractivity contribution is 9.10. The minimum absolute atomic E-state index is 0.223. The summed E-state index contributed by atoms with van der Waals surface area (Å²) in [5.74, 6) is 0.871. The van der Waals surface area contributed by atoms with Crippen molar-refractivity contribution >= 4 is 27.5 Å². The van der Waals surface area contributed by atoms with E-state index in [-0.39, 0.29) is 11.6 Å². The van der Waals surface area contributed by atoms with E-state index in [1.165, 1.54) is 0 Å². The molecule has 0 spiro atoms. The molecule has 0 aliphatic rings. The summed E-state index contributed by atoms with van der Waals surface area (Å²) in [6, 6.07) is 10.5. The van der Waals surface area contributed by atoms with E-state index < -0.39 is 0 Å². The molecule has 1 nitrogen and oxygen atoms in total. The van der Waals surface area contributed by atoms with Crippen LogP contribution in [0.1, 0.15) is 11.1 Å². The number of alkyl halides is 1. The van der Waals surface area contributed by atoms with Crippen LogP contribution in [0.15, 0.2) is 40.9 Å². The van der Waals surface area contributed by atoms with Gasteiger partial charge in [0.25, 0.3) is 0 Å². The van der Waals surface area contributed by atoms with Crippen LogP contribution in [0.2, 0.25) is 0 Å². The third-order valence-corrected chi connectivity index (χ3v) is 3.58. The Morgan fingerprint density at radius 1 is 1.28 bits per heavy atom. The molecular formula is C14H11BrClFO. The fourth-order valence-electron chi connectivity index (χ4n) is 1.53. The first kappa shape index (κ1) is 13.4. The molecular weight excluding hydrogens is 319 g/mol. The first-order valence-corrected chi connectivity index (χ1v) is 6.72. The van der Waals surface area contributed by atoms with Gasteiger partial charge in [-0.25, -0.2) is 4.39 Å². The van der Waals surface area contributed by atoms with Crippen LogP contribution in [0.5, 0.6) is 11.5 Å². The largest absolute Gasteiger partial charge is 0.454 e. The molecule has 0 heterocycles. The van der Waals surface area contributed by atoms with Crippen LogP contribution in [0.3, 0.4) is 0 Å². The molecule has 0 saturated heterocycles. The maximum Gasteiger partial charge on any atom is 0.168 e. The van der Waals surface area contributed by atoms with E-state index >= 15 is 0 Å². The molecule has 0 unspecified atom stereocenters. The number of hydrogen-bond acceptors (Lipinski definition) is 1. The Morgan fingerprint density at radius 2 is 2.06 bits per heavy atom. The second-order valence-corrected chi connectivity index (χ2v) is 5.00. The third-order valence-electron chi connectivity index (χ3n) is 2.55. The van der Waals surface area contributed by atoms with E-state index in [9.17, 15) is 4.39 Å². The van der Waals surface area contributed by atoms with Crippen molar-refractivity contribution in [3.05, 3.63) is 57.8 Å². The molecule has 94 valence electrons. The monoisotopic (exact) mass is 328 g/mol. The zero-order valence-electron chi connectivity index (χ0n) is 9.71. The second kappa shape index (κ2) is 5.72. The normalized spacial score (nSPS) is 10.4. The van der Waals surface area contributed by atoms with Gasteiger partial charge in [-0.15, -0.1) is 11.6 Å². The van der Waals surface area contributed by atoms with Gasteiger partial charge in [0, 0.05) is 10.4 Å². The maximum atomic E-state index is 13.8. The van der Waals surface area contributed by atoms with Gasteiger partial charge in [-0.2, -0.15) is 0 Å². The van der Waals surface area contributed by atoms with Crippen molar-refractivity contribution < 1.29 is 9.13 Å². The molecule has 18 heavy (non-hydrogen) atoms. The quantitative estimate of drug-likeness (QED) is 0.682. The molecule has 0 amide bonds. The topological polar surface area (TPSA) is 9.23 Å². The van der Waals surface area contributed by atoms with E-state index in [0.717, 1.165) is 10.0 Å². The number of halogens is 3. The van der Waals surface area contributed by atoms with Gasteiger partial charge < -0.3 is 4.74 Å². The molecule has 0 radical (unpaired) electrons. The number of benzene rings is 2. The Kier molecular flexibility index (Phi) is 4.25. The van der Waals surface area contributed by atoms with Gasteiger partial charge >= 0.3 is 0 Å². The average molecular weight is 330 g/mol. The highest BCUT2D eigenvalue weighted by atomic mass is 79.9. The van der Waals surface area contributed by atoms with Crippen LogP contribution in [0.4, 0.5) is 4.39 Å². The number of aryl methyl sites for hydroxylation is 1. The van der Waals surface area contributed by atoms with Crippen molar-refractivity contribution in [3.63, 3.8) is 0 Å². The number of rotatable bonds is 3. The van der Waals surface area contributed by atoms with Crippen molar-refractivity contribution in [1.29, 1.82) is 0 Å². The van der Waals surface area contributed by atoms with Crippen molar-refractivity contribution in [1.82, 2.24) is 0 Å². The fraction of sp³-hybridized carbons (Fsp3) is 0.143. The summed E-state index contributed by atoms with van der Waals surface area (Å²) in [5.41, 5.74) is 1.53. The Morgan fingerprint density at radius 3 is 2.72 bits per heavy atom. The minimum Gasteiger partial charge on any atom is -0.454 e. The Bertz CT molecular complexity index is 572. The summed E-state index contributed by atoms with van der Waals surface area (Å²) in [5, 5.41) is 0. The standard InChI is InChI=1S/C14H11BrClFO/c1-9-3-2-4-13(14(9)17)18-11-6-5-10(8-16)12(15)7-11/h2-7H,8H2,1H3. The lowest BCUT2D eigenvalue weighted by Gasteiger charge is -2.09. The summed E-state index contributed by atoms with van der Waals surface area (Å²) in [4.78, 5) is 0. The number of hydrogen-bond donors (Lipinski definition) is 0. The van der Waals surface area contributed by atoms with Crippen molar-refractivity contribution in [2.75, 3.05) is 0 Å². The minimum atomic E-state index is -0.338. The molecule has 0 fully saturated rings. The Labute approximate surface area is 119 Å². The summed E-state index contributed by atoms with van der Waals surface area (Å²) in [6.45, 7) is 1.70. The molecule has 0 bridgehead atoms. The lowest BCUT2D eigenvalue weighted by atomic mass is 10.2. The summed E-state index contributed by atoms with van der Waals surface area (Å²) >= 11 is 9.16. The molecule has 0 saturated carbocycles. The summed E-state index contributed by atoms with van der Waals surface area (Å²) < 4.78 is 20.1.